The number of aryl methyl sites for hydroxylation is 2. The summed E-state index contributed by atoms with van der Waals surface area (Å²) in [6.45, 7) is 22.8. The number of hydrogen-bond acceptors (Lipinski definition) is 0. The van der Waals surface area contributed by atoms with E-state index in [0.29, 0.717) is 29.6 Å². The molecule has 6 rings (SSSR count). The van der Waals surface area contributed by atoms with Gasteiger partial charge in [-0.25, -0.2) is 5.57 Å². The second-order valence-electron chi connectivity index (χ2n) is 14.0. The van der Waals surface area contributed by atoms with E-state index in [4.69, 9.17) is 0 Å². The zero-order chi connectivity index (χ0) is 33.5. The molecule has 0 nitrogen and oxygen atoms in total. The Balaban J connectivity index is 0.000000157. The minimum absolute atomic E-state index is 0.546. The normalized spacial score (nSPS) is 14.6. The van der Waals surface area contributed by atoms with Crippen molar-refractivity contribution in [1.82, 2.24) is 0 Å². The predicted octanol–water partition coefficient (Wildman–Crippen LogP) is 12.4. The van der Waals surface area contributed by atoms with Gasteiger partial charge in [-0.3, -0.25) is 6.08 Å². The van der Waals surface area contributed by atoms with Crippen molar-refractivity contribution in [2.24, 2.45) is 29.6 Å². The first-order valence-electron chi connectivity index (χ1n) is 17.0. The second kappa shape index (κ2) is 16.2. The van der Waals surface area contributed by atoms with E-state index >= 15 is 0 Å². The first-order valence-corrected chi connectivity index (χ1v) is 18.2. The van der Waals surface area contributed by atoms with Gasteiger partial charge in [-0.2, -0.15) is 11.1 Å². The molecule has 0 fully saturated rings. The number of hydrogen-bond donors (Lipinski definition) is 0. The van der Waals surface area contributed by atoms with Crippen LogP contribution in [0.25, 0.3) is 21.5 Å². The van der Waals surface area contributed by atoms with Gasteiger partial charge < -0.3 is 0 Å². The van der Waals surface area contributed by atoms with Crippen molar-refractivity contribution in [2.75, 3.05) is 0 Å². The zero-order valence-corrected chi connectivity index (χ0v) is 32.2. The molecule has 5 aromatic carbocycles. The molecule has 0 spiro atoms. The van der Waals surface area contributed by atoms with E-state index in [1.165, 1.54) is 76.8 Å². The summed E-state index contributed by atoms with van der Waals surface area (Å²) in [5.74, 6) is 3.08. The summed E-state index contributed by atoms with van der Waals surface area (Å²) in [6, 6.07) is 36.7. The first kappa shape index (κ1) is 35.8. The van der Waals surface area contributed by atoms with Gasteiger partial charge in [-0.15, -0.1) is 39.7 Å². The van der Waals surface area contributed by atoms with Crippen LogP contribution in [0.3, 0.4) is 0 Å². The number of allylic oxidation sites excluding steroid dienone is 4. The van der Waals surface area contributed by atoms with Gasteiger partial charge in [0.15, 0.2) is 0 Å². The summed E-state index contributed by atoms with van der Waals surface area (Å²) in [5, 5.41) is 5.46. The zero-order valence-electron chi connectivity index (χ0n) is 29.7. The molecule has 0 aromatic heterocycles. The summed E-state index contributed by atoms with van der Waals surface area (Å²) in [7, 11) is 0. The maximum absolute atomic E-state index is 3.80. The van der Waals surface area contributed by atoms with E-state index in [-0.39, 0.29) is 0 Å². The van der Waals surface area contributed by atoms with Gasteiger partial charge in [0.05, 0.1) is 0 Å². The van der Waals surface area contributed by atoms with E-state index in [0.717, 1.165) is 0 Å². The molecular weight excluding hydrogens is 632 g/mol. The fraction of sp³-hybridized carbons (Fsp3) is 0.333. The quantitative estimate of drug-likeness (QED) is 0.156. The molecule has 0 saturated heterocycles. The Labute approximate surface area is 294 Å². The third kappa shape index (κ3) is 8.66. The second-order valence-corrected chi connectivity index (χ2v) is 15.3. The van der Waals surface area contributed by atoms with Crippen LogP contribution in [0.2, 0.25) is 0 Å². The van der Waals surface area contributed by atoms with Crippen LogP contribution < -0.4 is 0 Å². The van der Waals surface area contributed by atoms with Crippen LogP contribution in [0.15, 0.2) is 120 Å². The Kier molecular flexibility index (Phi) is 12.6. The van der Waals surface area contributed by atoms with Crippen LogP contribution in [0.1, 0.15) is 77.6 Å². The van der Waals surface area contributed by atoms with Gasteiger partial charge in [0, 0.05) is 0 Å². The van der Waals surface area contributed by atoms with Gasteiger partial charge in [0.2, 0.25) is 0 Å². The molecule has 236 valence electrons. The van der Waals surface area contributed by atoms with Gasteiger partial charge in [0.1, 0.15) is 0 Å². The van der Waals surface area contributed by atoms with Crippen LogP contribution in [0.5, 0.6) is 0 Å². The SMILES string of the molecule is CC(C)C1=[C-]C(C(C)C)C(C(C)C)=C1C(C)C.Cc1ccc2c(c1)[cH-]c1cc(C)ccc12.[Zr+2]=[C](c1ccccc1)c1ccccc1. The van der Waals surface area contributed by atoms with Gasteiger partial charge >= 0.3 is 99.2 Å². The van der Waals surface area contributed by atoms with Gasteiger partial charge in [-0.1, -0.05) is 114 Å². The van der Waals surface area contributed by atoms with Crippen LogP contribution in [-0.2, 0) is 24.2 Å². The molecule has 0 saturated carbocycles. The van der Waals surface area contributed by atoms with Crippen molar-refractivity contribution in [3.8, 4) is 0 Å². The third-order valence-electron chi connectivity index (χ3n) is 8.83. The van der Waals surface area contributed by atoms with E-state index in [1.54, 1.807) is 11.1 Å². The van der Waals surface area contributed by atoms with Crippen LogP contribution in [0.4, 0.5) is 0 Å². The van der Waals surface area contributed by atoms with Crippen molar-refractivity contribution >= 4 is 24.8 Å². The van der Waals surface area contributed by atoms with E-state index in [9.17, 15) is 0 Å². The summed E-state index contributed by atoms with van der Waals surface area (Å²) >= 11 is 1.46. The van der Waals surface area contributed by atoms with Crippen molar-refractivity contribution in [3.63, 3.8) is 0 Å². The fourth-order valence-electron chi connectivity index (χ4n) is 6.60. The fourth-order valence-corrected chi connectivity index (χ4v) is 7.42. The summed E-state index contributed by atoms with van der Waals surface area (Å²) < 4.78 is 1.42. The molecule has 0 N–H and O–H groups in total. The van der Waals surface area contributed by atoms with Crippen LogP contribution in [0, 0.1) is 49.5 Å². The summed E-state index contributed by atoms with van der Waals surface area (Å²) in [4.78, 5) is 0. The Morgan fingerprint density at radius 1 is 0.609 bits per heavy atom. The molecule has 1 heteroatoms. The topological polar surface area (TPSA) is 0 Å². The maximum atomic E-state index is 3.80. The number of benzene rings is 4. The molecule has 0 amide bonds. The van der Waals surface area contributed by atoms with Crippen molar-refractivity contribution in [2.45, 2.75) is 69.2 Å². The van der Waals surface area contributed by atoms with Crippen molar-refractivity contribution < 1.29 is 24.2 Å². The predicted molar refractivity (Wildman–Crippen MR) is 199 cm³/mol. The molecule has 1 aliphatic carbocycles. The molecule has 0 radical (unpaired) electrons. The third-order valence-corrected chi connectivity index (χ3v) is 10.3. The standard InChI is InChI=1S/C17H29.C15H13.C13H10.Zr/c1-10(2)14-9-15(11(3)4)17(13(7)8)16(14)12(5)6;1-10-3-5-14-12(7-10)9-13-8-11(2)4-6-15(13)14;1-3-7-12(8-4-1)11-13-9-5-2-6-10-13;/h10-14H,1-8H3;3-9H,1-2H3;1-10H;/q2*-1;;+2. The van der Waals surface area contributed by atoms with Crippen molar-refractivity contribution in [1.29, 1.82) is 0 Å². The molecule has 0 bridgehead atoms. The number of rotatable bonds is 6. The van der Waals surface area contributed by atoms with Gasteiger partial charge in [-0.05, 0) is 19.8 Å². The first-order chi connectivity index (χ1) is 21.9. The molecule has 46 heavy (non-hydrogen) atoms. The molecule has 1 aliphatic rings. The van der Waals surface area contributed by atoms with Crippen LogP contribution in [-0.4, -0.2) is 3.21 Å². The molecule has 1 atom stereocenters. The summed E-state index contributed by atoms with van der Waals surface area (Å²) in [5.41, 5.74) is 10.1. The van der Waals surface area contributed by atoms with Gasteiger partial charge in [0.25, 0.3) is 0 Å². The molecule has 0 heterocycles. The Morgan fingerprint density at radius 3 is 1.43 bits per heavy atom. The average Bonchev–Trinajstić information content (AvgIpc) is 3.61. The average molecular weight is 684 g/mol. The Hall–Kier alpha value is -3.02. The molecule has 1 unspecified atom stereocenters. The minimum atomic E-state index is 0.546. The van der Waals surface area contributed by atoms with E-state index in [1.807, 2.05) is 0 Å². The number of fused-ring (bicyclic) bond motifs is 3. The Morgan fingerprint density at radius 2 is 1.07 bits per heavy atom. The monoisotopic (exact) mass is 682 g/mol. The van der Waals surface area contributed by atoms with Crippen molar-refractivity contribution in [3.05, 3.63) is 148 Å². The molecular formula is C45H52Zr. The van der Waals surface area contributed by atoms with E-state index in [2.05, 4.69) is 178 Å². The van der Waals surface area contributed by atoms with Crippen LogP contribution >= 0.6 is 0 Å². The molecule has 5 aromatic rings. The Bertz CT molecular complexity index is 1710. The van der Waals surface area contributed by atoms with E-state index < -0.39 is 0 Å². The summed E-state index contributed by atoms with van der Waals surface area (Å²) in [6.07, 6.45) is 3.80. The molecule has 0 aliphatic heterocycles.